The molecule has 0 aromatic heterocycles. The topological polar surface area (TPSA) is 67.8 Å². The van der Waals surface area contributed by atoms with E-state index in [1.165, 1.54) is 6.92 Å². The maximum Gasteiger partial charge on any atom is 0.381 e. The number of Topliss-reactive ketones (excluding diaryl/α,β-unsaturated/α-hetero) is 1. The highest BCUT2D eigenvalue weighted by Crippen LogP contribution is 2.14. The number of rotatable bonds is 5. The monoisotopic (exact) mass is 268 g/mol. The highest BCUT2D eigenvalue weighted by Gasteiger charge is 2.18. The van der Waals surface area contributed by atoms with Gasteiger partial charge in [0.05, 0.1) is 12.3 Å². The summed E-state index contributed by atoms with van der Waals surface area (Å²) in [5, 5.41) is 4.34. The van der Waals surface area contributed by atoms with Crippen molar-refractivity contribution in [1.29, 1.82) is 0 Å². The molecule has 0 saturated heterocycles. The average Bonchev–Trinajstić information content (AvgIpc) is 2.35. The minimum Gasteiger partial charge on any atom is -0.460 e. The zero-order valence-electron chi connectivity index (χ0n) is 10.1. The molecule has 6 heteroatoms. The van der Waals surface area contributed by atoms with E-state index in [9.17, 15) is 9.59 Å². The summed E-state index contributed by atoms with van der Waals surface area (Å²) in [5.41, 5.74) is 3.28. The number of ether oxygens (including phenoxy) is 1. The van der Waals surface area contributed by atoms with Gasteiger partial charge in [-0.3, -0.25) is 10.2 Å². The molecule has 0 fully saturated rings. The van der Waals surface area contributed by atoms with Crippen molar-refractivity contribution < 1.29 is 14.3 Å². The Morgan fingerprint density at radius 1 is 1.44 bits per heavy atom. The largest absolute Gasteiger partial charge is 0.460 e. The lowest BCUT2D eigenvalue weighted by Crippen LogP contribution is -2.24. The fourth-order valence-electron chi connectivity index (χ4n) is 1.10. The molecule has 1 rings (SSSR count). The molecule has 96 valence electrons. The van der Waals surface area contributed by atoms with E-state index in [2.05, 4.69) is 15.3 Å². The molecule has 0 atom stereocenters. The van der Waals surface area contributed by atoms with Crippen molar-refractivity contribution in [3.8, 4) is 0 Å². The van der Waals surface area contributed by atoms with Crippen molar-refractivity contribution in [1.82, 2.24) is 0 Å². The Bertz CT molecular complexity index is 486. The Hall–Kier alpha value is -1.88. The second-order valence-corrected chi connectivity index (χ2v) is 3.81. The van der Waals surface area contributed by atoms with Crippen LogP contribution in [-0.4, -0.2) is 24.1 Å². The lowest BCUT2D eigenvalue weighted by Gasteiger charge is -2.03. The highest BCUT2D eigenvalue weighted by atomic mass is 35.5. The molecule has 0 aliphatic heterocycles. The maximum atomic E-state index is 11.4. The Kier molecular flexibility index (Phi) is 5.32. The van der Waals surface area contributed by atoms with Crippen LogP contribution in [0.25, 0.3) is 0 Å². The van der Waals surface area contributed by atoms with Crippen LogP contribution in [0.15, 0.2) is 29.4 Å². The molecule has 1 N–H and O–H groups in total. The molecule has 18 heavy (non-hydrogen) atoms. The van der Waals surface area contributed by atoms with Gasteiger partial charge in [-0.2, -0.15) is 5.10 Å². The van der Waals surface area contributed by atoms with Crippen molar-refractivity contribution in [2.24, 2.45) is 5.10 Å². The standard InChI is InChI=1S/C12H13ClN2O3/c1-3-18-12(17)11(16)8(2)14-15-10-6-4-5-9(13)7-10/h4-7,15H,3H2,1-2H3/b14-8-. The SMILES string of the molecule is CCOC(=O)C(=O)/C(C)=N\Nc1cccc(Cl)c1. The first kappa shape index (κ1) is 14.2. The molecule has 0 bridgehead atoms. The van der Waals surface area contributed by atoms with Crippen molar-refractivity contribution >= 4 is 34.8 Å². The van der Waals surface area contributed by atoms with Crippen LogP contribution in [0.5, 0.6) is 0 Å². The minimum atomic E-state index is -0.911. The van der Waals surface area contributed by atoms with Gasteiger partial charge in [0.15, 0.2) is 0 Å². The second kappa shape index (κ2) is 6.76. The molecule has 0 amide bonds. The summed E-state index contributed by atoms with van der Waals surface area (Å²) in [4.78, 5) is 22.6. The quantitative estimate of drug-likeness (QED) is 0.385. The number of nitrogens with zero attached hydrogens (tertiary/aromatic N) is 1. The van der Waals surface area contributed by atoms with Crippen LogP contribution >= 0.6 is 11.6 Å². The molecule has 0 spiro atoms. The first-order chi connectivity index (χ1) is 8.54. The molecule has 0 heterocycles. The number of ketones is 1. The molecule has 0 aliphatic carbocycles. The van der Waals surface area contributed by atoms with Crippen LogP contribution in [0.1, 0.15) is 13.8 Å². The second-order valence-electron chi connectivity index (χ2n) is 3.37. The van der Waals surface area contributed by atoms with E-state index < -0.39 is 11.8 Å². The van der Waals surface area contributed by atoms with Crippen molar-refractivity contribution in [2.45, 2.75) is 13.8 Å². The first-order valence-electron chi connectivity index (χ1n) is 5.32. The zero-order chi connectivity index (χ0) is 13.5. The zero-order valence-corrected chi connectivity index (χ0v) is 10.8. The smallest absolute Gasteiger partial charge is 0.381 e. The van der Waals surface area contributed by atoms with Gasteiger partial charge in [0.25, 0.3) is 5.78 Å². The molecule has 1 aromatic rings. The first-order valence-corrected chi connectivity index (χ1v) is 5.69. The lowest BCUT2D eigenvalue weighted by molar-refractivity contribution is -0.150. The number of carbonyl (C=O) groups excluding carboxylic acids is 2. The number of hydrogen-bond acceptors (Lipinski definition) is 5. The van der Waals surface area contributed by atoms with Gasteiger partial charge in [0, 0.05) is 5.02 Å². The summed E-state index contributed by atoms with van der Waals surface area (Å²) < 4.78 is 4.58. The van der Waals surface area contributed by atoms with Gasteiger partial charge < -0.3 is 4.74 Å². The molecule has 0 radical (unpaired) electrons. The van der Waals surface area contributed by atoms with Crippen molar-refractivity contribution in [3.05, 3.63) is 29.3 Å². The van der Waals surface area contributed by atoms with E-state index in [0.29, 0.717) is 10.7 Å². The summed E-state index contributed by atoms with van der Waals surface area (Å²) in [6, 6.07) is 6.83. The fourth-order valence-corrected chi connectivity index (χ4v) is 1.29. The maximum absolute atomic E-state index is 11.4. The van der Waals surface area contributed by atoms with E-state index in [1.54, 1.807) is 31.2 Å². The Balaban J connectivity index is 2.67. The third kappa shape index (κ3) is 4.18. The van der Waals surface area contributed by atoms with Gasteiger partial charge in [-0.05, 0) is 32.0 Å². The van der Waals surface area contributed by atoms with Gasteiger partial charge in [-0.25, -0.2) is 4.79 Å². The molecule has 0 unspecified atom stereocenters. The summed E-state index contributed by atoms with van der Waals surface area (Å²) in [6.07, 6.45) is 0. The lowest BCUT2D eigenvalue weighted by atomic mass is 10.3. The predicted molar refractivity (Wildman–Crippen MR) is 69.8 cm³/mol. The summed E-state index contributed by atoms with van der Waals surface area (Å²) in [5.74, 6) is -1.68. The number of halogens is 1. The van der Waals surface area contributed by atoms with Crippen LogP contribution in [0.3, 0.4) is 0 Å². The summed E-state index contributed by atoms with van der Waals surface area (Å²) >= 11 is 5.78. The van der Waals surface area contributed by atoms with Crippen molar-refractivity contribution in [3.63, 3.8) is 0 Å². The normalized spacial score (nSPS) is 10.9. The summed E-state index contributed by atoms with van der Waals surface area (Å²) in [7, 11) is 0. The Morgan fingerprint density at radius 3 is 2.78 bits per heavy atom. The van der Waals surface area contributed by atoms with Gasteiger partial charge in [0.2, 0.25) is 0 Å². The van der Waals surface area contributed by atoms with Gasteiger partial charge in [0.1, 0.15) is 5.71 Å². The number of hydrazone groups is 1. The Morgan fingerprint density at radius 2 is 2.17 bits per heavy atom. The van der Waals surface area contributed by atoms with Gasteiger partial charge >= 0.3 is 5.97 Å². The highest BCUT2D eigenvalue weighted by molar-refractivity contribution is 6.63. The number of benzene rings is 1. The van der Waals surface area contributed by atoms with E-state index in [4.69, 9.17) is 11.6 Å². The van der Waals surface area contributed by atoms with E-state index >= 15 is 0 Å². The van der Waals surface area contributed by atoms with Crippen LogP contribution in [0.2, 0.25) is 5.02 Å². The third-order valence-corrected chi connectivity index (χ3v) is 2.20. The van der Waals surface area contributed by atoms with E-state index in [1.807, 2.05) is 0 Å². The molecule has 0 aliphatic rings. The van der Waals surface area contributed by atoms with Gasteiger partial charge in [-0.15, -0.1) is 0 Å². The predicted octanol–water partition coefficient (Wildman–Crippen LogP) is 2.26. The van der Waals surface area contributed by atoms with Crippen molar-refractivity contribution in [2.75, 3.05) is 12.0 Å². The fraction of sp³-hybridized carbons (Fsp3) is 0.250. The molecular formula is C12H13ClN2O3. The van der Waals surface area contributed by atoms with E-state index in [0.717, 1.165) is 0 Å². The average molecular weight is 269 g/mol. The van der Waals surface area contributed by atoms with Crippen LogP contribution < -0.4 is 5.43 Å². The number of hydrogen-bond donors (Lipinski definition) is 1. The minimum absolute atomic E-state index is 0.0217. The number of esters is 1. The third-order valence-electron chi connectivity index (χ3n) is 1.97. The number of carbonyl (C=O) groups is 2. The van der Waals surface area contributed by atoms with Crippen LogP contribution in [0.4, 0.5) is 5.69 Å². The molecular weight excluding hydrogens is 256 g/mol. The van der Waals surface area contributed by atoms with Crippen LogP contribution in [0, 0.1) is 0 Å². The number of anilines is 1. The van der Waals surface area contributed by atoms with E-state index in [-0.39, 0.29) is 12.3 Å². The Labute approximate surface area is 110 Å². The number of nitrogens with one attached hydrogen (secondary N) is 1. The molecule has 1 aromatic carbocycles. The molecule has 0 saturated carbocycles. The molecule has 5 nitrogen and oxygen atoms in total. The van der Waals surface area contributed by atoms with Gasteiger partial charge in [-0.1, -0.05) is 17.7 Å². The summed E-state index contributed by atoms with van der Waals surface area (Å²) in [6.45, 7) is 3.21. The van der Waals surface area contributed by atoms with Crippen LogP contribution in [-0.2, 0) is 14.3 Å².